The molecule has 1 aromatic carbocycles. The van der Waals surface area contributed by atoms with Gasteiger partial charge >= 0.3 is 0 Å². The molecule has 0 unspecified atom stereocenters. The third-order valence-corrected chi connectivity index (χ3v) is 4.67. The Hall–Kier alpha value is -0.770. The van der Waals surface area contributed by atoms with E-state index in [1.54, 1.807) is 0 Å². The lowest BCUT2D eigenvalue weighted by molar-refractivity contribution is 0.310. The number of nitrogens with zero attached hydrogens (tertiary/aromatic N) is 3. The van der Waals surface area contributed by atoms with Crippen LogP contribution in [-0.2, 0) is 13.0 Å². The van der Waals surface area contributed by atoms with Gasteiger partial charge in [-0.1, -0.05) is 11.6 Å². The summed E-state index contributed by atoms with van der Waals surface area (Å²) in [6.45, 7) is 6.60. The topological polar surface area (TPSA) is 9.72 Å². The van der Waals surface area contributed by atoms with E-state index < -0.39 is 0 Å². The maximum Gasteiger partial charge on any atom is 0.0474 e. The van der Waals surface area contributed by atoms with Crippen molar-refractivity contribution < 1.29 is 0 Å². The van der Waals surface area contributed by atoms with Crippen molar-refractivity contribution in [2.75, 3.05) is 51.7 Å². The van der Waals surface area contributed by atoms with Crippen molar-refractivity contribution in [1.29, 1.82) is 0 Å². The van der Waals surface area contributed by atoms with Gasteiger partial charge in [0.2, 0.25) is 0 Å². The van der Waals surface area contributed by atoms with Crippen LogP contribution in [0.25, 0.3) is 0 Å². The zero-order chi connectivity index (χ0) is 13.4. The Bertz CT molecular complexity index is 467. The number of rotatable bonds is 1. The first-order valence-corrected chi connectivity index (χ1v) is 7.44. The van der Waals surface area contributed by atoms with Crippen LogP contribution in [0.5, 0.6) is 0 Å². The van der Waals surface area contributed by atoms with Gasteiger partial charge in [-0.25, -0.2) is 0 Å². The van der Waals surface area contributed by atoms with Crippen molar-refractivity contribution in [2.45, 2.75) is 13.0 Å². The zero-order valence-corrected chi connectivity index (χ0v) is 12.6. The standard InChI is InChI=1S/C15H22ClN3/c1-17-5-7-19(8-6-17)13-9-12-3-4-18(2)11-14(12)15(16)10-13/h9-10H,3-8,11H2,1-2H3. The maximum absolute atomic E-state index is 6.50. The lowest BCUT2D eigenvalue weighted by Crippen LogP contribution is -2.44. The van der Waals surface area contributed by atoms with E-state index >= 15 is 0 Å². The highest BCUT2D eigenvalue weighted by Crippen LogP contribution is 2.31. The molecule has 1 fully saturated rings. The van der Waals surface area contributed by atoms with Gasteiger partial charge in [-0.3, -0.25) is 0 Å². The second kappa shape index (κ2) is 5.31. The highest BCUT2D eigenvalue weighted by molar-refractivity contribution is 6.31. The smallest absolute Gasteiger partial charge is 0.0474 e. The summed E-state index contributed by atoms with van der Waals surface area (Å²) in [6.07, 6.45) is 1.12. The summed E-state index contributed by atoms with van der Waals surface area (Å²) < 4.78 is 0. The van der Waals surface area contributed by atoms with Gasteiger partial charge in [0.05, 0.1) is 0 Å². The Morgan fingerprint density at radius 1 is 0.947 bits per heavy atom. The number of anilines is 1. The van der Waals surface area contributed by atoms with E-state index in [9.17, 15) is 0 Å². The summed E-state index contributed by atoms with van der Waals surface area (Å²) >= 11 is 6.50. The second-order valence-corrected chi connectivity index (χ2v) is 6.25. The largest absolute Gasteiger partial charge is 0.369 e. The third-order valence-electron chi connectivity index (χ3n) is 4.33. The minimum absolute atomic E-state index is 0.943. The van der Waals surface area contributed by atoms with Gasteiger partial charge in [0.15, 0.2) is 0 Å². The molecule has 3 nitrogen and oxygen atoms in total. The van der Waals surface area contributed by atoms with Crippen molar-refractivity contribution in [3.8, 4) is 0 Å². The van der Waals surface area contributed by atoms with Crippen LogP contribution in [0.4, 0.5) is 5.69 Å². The van der Waals surface area contributed by atoms with E-state index in [0.717, 1.165) is 50.7 Å². The van der Waals surface area contributed by atoms with E-state index in [4.69, 9.17) is 11.6 Å². The van der Waals surface area contributed by atoms with E-state index in [-0.39, 0.29) is 0 Å². The number of likely N-dealkylation sites (N-methyl/N-ethyl adjacent to an activating group) is 2. The summed E-state index contributed by atoms with van der Waals surface area (Å²) in [5, 5.41) is 0.943. The molecule has 104 valence electrons. The molecule has 2 aliphatic heterocycles. The summed E-state index contributed by atoms with van der Waals surface area (Å²) in [6, 6.07) is 4.52. The predicted octanol–water partition coefficient (Wildman–Crippen LogP) is 2.08. The van der Waals surface area contributed by atoms with Gasteiger partial charge < -0.3 is 14.7 Å². The second-order valence-electron chi connectivity index (χ2n) is 5.84. The van der Waals surface area contributed by atoms with Crippen molar-refractivity contribution in [3.05, 3.63) is 28.3 Å². The summed E-state index contributed by atoms with van der Waals surface area (Å²) in [7, 11) is 4.35. The molecule has 0 aromatic heterocycles. The lowest BCUT2D eigenvalue weighted by atomic mass is 9.98. The predicted molar refractivity (Wildman–Crippen MR) is 81.2 cm³/mol. The molecule has 0 atom stereocenters. The minimum Gasteiger partial charge on any atom is -0.369 e. The number of hydrogen-bond acceptors (Lipinski definition) is 3. The molecule has 0 radical (unpaired) electrons. The molecule has 2 aliphatic rings. The third kappa shape index (κ3) is 2.73. The van der Waals surface area contributed by atoms with E-state index in [1.807, 2.05) is 0 Å². The molecule has 2 heterocycles. The van der Waals surface area contributed by atoms with E-state index in [1.165, 1.54) is 16.8 Å². The van der Waals surface area contributed by atoms with Gasteiger partial charge in [-0.15, -0.1) is 0 Å². The van der Waals surface area contributed by atoms with Crippen LogP contribution < -0.4 is 4.90 Å². The Balaban J connectivity index is 1.86. The minimum atomic E-state index is 0.943. The van der Waals surface area contributed by atoms with Crippen LogP contribution in [-0.4, -0.2) is 56.6 Å². The Morgan fingerprint density at radius 2 is 1.68 bits per heavy atom. The number of benzene rings is 1. The van der Waals surface area contributed by atoms with Crippen molar-refractivity contribution in [1.82, 2.24) is 9.80 Å². The molecule has 1 aromatic rings. The number of fused-ring (bicyclic) bond motifs is 1. The van der Waals surface area contributed by atoms with Crippen LogP contribution in [0.3, 0.4) is 0 Å². The van der Waals surface area contributed by atoms with E-state index in [0.29, 0.717) is 0 Å². The molecule has 0 bridgehead atoms. The maximum atomic E-state index is 6.50. The first kappa shape index (κ1) is 13.2. The average molecular weight is 280 g/mol. The summed E-state index contributed by atoms with van der Waals surface area (Å²) in [5.74, 6) is 0. The van der Waals surface area contributed by atoms with Gasteiger partial charge in [-0.05, 0) is 43.8 Å². The molecular formula is C15H22ClN3. The molecule has 0 amide bonds. The molecule has 0 saturated carbocycles. The van der Waals surface area contributed by atoms with Crippen LogP contribution >= 0.6 is 11.6 Å². The van der Waals surface area contributed by atoms with Crippen molar-refractivity contribution >= 4 is 17.3 Å². The lowest BCUT2D eigenvalue weighted by Gasteiger charge is -2.35. The monoisotopic (exact) mass is 279 g/mol. The Kier molecular flexibility index (Phi) is 3.70. The fraction of sp³-hybridized carbons (Fsp3) is 0.600. The van der Waals surface area contributed by atoms with Gasteiger partial charge in [-0.2, -0.15) is 0 Å². The molecular weight excluding hydrogens is 258 g/mol. The zero-order valence-electron chi connectivity index (χ0n) is 11.8. The van der Waals surface area contributed by atoms with Crippen LogP contribution in [0.2, 0.25) is 5.02 Å². The first-order chi connectivity index (χ1) is 9.13. The fourth-order valence-electron chi connectivity index (χ4n) is 2.99. The molecule has 3 rings (SSSR count). The fourth-order valence-corrected chi connectivity index (χ4v) is 3.28. The number of halogens is 1. The quantitative estimate of drug-likeness (QED) is 0.779. The molecule has 0 aliphatic carbocycles. The highest BCUT2D eigenvalue weighted by Gasteiger charge is 2.20. The Labute approximate surface area is 120 Å². The SMILES string of the molecule is CN1CCN(c2cc(Cl)c3c(c2)CCN(C)C3)CC1. The van der Waals surface area contributed by atoms with Gasteiger partial charge in [0.1, 0.15) is 0 Å². The Morgan fingerprint density at radius 3 is 2.42 bits per heavy atom. The number of piperazine rings is 1. The van der Waals surface area contributed by atoms with Crippen molar-refractivity contribution in [2.24, 2.45) is 0 Å². The van der Waals surface area contributed by atoms with Crippen LogP contribution in [0.1, 0.15) is 11.1 Å². The van der Waals surface area contributed by atoms with Gasteiger partial charge in [0.25, 0.3) is 0 Å². The highest BCUT2D eigenvalue weighted by atomic mass is 35.5. The normalized spacial score (nSPS) is 21.5. The molecule has 4 heteroatoms. The summed E-state index contributed by atoms with van der Waals surface area (Å²) in [4.78, 5) is 7.18. The van der Waals surface area contributed by atoms with Crippen LogP contribution in [0.15, 0.2) is 12.1 Å². The van der Waals surface area contributed by atoms with Crippen LogP contribution in [0, 0.1) is 0 Å². The molecule has 0 spiro atoms. The van der Waals surface area contributed by atoms with Crippen molar-refractivity contribution in [3.63, 3.8) is 0 Å². The van der Waals surface area contributed by atoms with E-state index in [2.05, 4.69) is 40.9 Å². The van der Waals surface area contributed by atoms with Gasteiger partial charge in [0, 0.05) is 50.0 Å². The molecule has 0 N–H and O–H groups in total. The average Bonchev–Trinajstić information content (AvgIpc) is 2.40. The number of hydrogen-bond donors (Lipinski definition) is 0. The summed E-state index contributed by atoms with van der Waals surface area (Å²) in [5.41, 5.74) is 4.08. The molecule has 19 heavy (non-hydrogen) atoms. The first-order valence-electron chi connectivity index (χ1n) is 7.07. The molecule has 1 saturated heterocycles.